The van der Waals surface area contributed by atoms with Crippen molar-refractivity contribution in [1.82, 2.24) is 4.90 Å². The van der Waals surface area contributed by atoms with Crippen LogP contribution in [0, 0.1) is 17.7 Å². The molecular weight excluding hydrogens is 314 g/mol. The summed E-state index contributed by atoms with van der Waals surface area (Å²) in [7, 11) is 0. The van der Waals surface area contributed by atoms with Crippen LogP contribution >= 0.6 is 24.0 Å². The minimum atomic E-state index is -0.550. The van der Waals surface area contributed by atoms with Gasteiger partial charge in [-0.3, -0.25) is 4.79 Å². The van der Waals surface area contributed by atoms with E-state index in [0.29, 0.717) is 23.9 Å². The fraction of sp³-hybridized carbons (Fsp3) is 0.533. The SMILES string of the molecule is Cl.NC1CCCC2CN(C(=O)c3ccc(Cl)c(F)c3)CC12. The smallest absolute Gasteiger partial charge is 0.253 e. The lowest BCUT2D eigenvalue weighted by molar-refractivity contribution is 0.0783. The van der Waals surface area contributed by atoms with Gasteiger partial charge in [0.2, 0.25) is 0 Å². The molecule has 0 spiro atoms. The number of hydrogen-bond acceptors (Lipinski definition) is 2. The molecule has 3 unspecified atom stereocenters. The lowest BCUT2D eigenvalue weighted by Gasteiger charge is -2.29. The van der Waals surface area contributed by atoms with E-state index < -0.39 is 5.82 Å². The van der Waals surface area contributed by atoms with Crippen molar-refractivity contribution in [3.05, 3.63) is 34.6 Å². The highest BCUT2D eigenvalue weighted by molar-refractivity contribution is 6.30. The van der Waals surface area contributed by atoms with Gasteiger partial charge in [-0.1, -0.05) is 18.0 Å². The topological polar surface area (TPSA) is 46.3 Å². The second-order valence-corrected chi connectivity index (χ2v) is 6.26. The Morgan fingerprint density at radius 1 is 1.33 bits per heavy atom. The van der Waals surface area contributed by atoms with E-state index in [-0.39, 0.29) is 29.4 Å². The van der Waals surface area contributed by atoms with Gasteiger partial charge in [0, 0.05) is 24.7 Å². The molecule has 1 amide bonds. The van der Waals surface area contributed by atoms with Crippen LogP contribution in [0.25, 0.3) is 0 Å². The predicted octanol–water partition coefficient (Wildman–Crippen LogP) is 3.10. The van der Waals surface area contributed by atoms with Gasteiger partial charge in [0.05, 0.1) is 5.02 Å². The Kier molecular flexibility index (Phi) is 5.12. The molecule has 1 saturated heterocycles. The molecule has 1 saturated carbocycles. The molecule has 1 aliphatic carbocycles. The largest absolute Gasteiger partial charge is 0.338 e. The van der Waals surface area contributed by atoms with Crippen molar-refractivity contribution in [2.45, 2.75) is 25.3 Å². The van der Waals surface area contributed by atoms with Crippen LogP contribution in [0.5, 0.6) is 0 Å². The summed E-state index contributed by atoms with van der Waals surface area (Å²) in [6, 6.07) is 4.41. The van der Waals surface area contributed by atoms with Crippen molar-refractivity contribution < 1.29 is 9.18 Å². The molecule has 3 atom stereocenters. The standard InChI is InChI=1S/C15H18ClFN2O.ClH/c16-12-5-4-9(6-13(12)17)15(20)19-7-10-2-1-3-14(18)11(10)8-19;/h4-6,10-11,14H,1-3,7-8,18H2;1H. The van der Waals surface area contributed by atoms with Crippen molar-refractivity contribution in [2.75, 3.05) is 13.1 Å². The number of rotatable bonds is 1. The zero-order valence-corrected chi connectivity index (χ0v) is 13.2. The Labute approximate surface area is 135 Å². The van der Waals surface area contributed by atoms with Gasteiger partial charge in [-0.2, -0.15) is 0 Å². The number of halogens is 3. The summed E-state index contributed by atoms with van der Waals surface area (Å²) in [5.74, 6) is 0.220. The van der Waals surface area contributed by atoms with Crippen LogP contribution in [-0.4, -0.2) is 29.9 Å². The maximum absolute atomic E-state index is 13.5. The Balaban J connectivity index is 0.00000161. The van der Waals surface area contributed by atoms with Crippen molar-refractivity contribution in [3.63, 3.8) is 0 Å². The normalized spacial score (nSPS) is 28.0. The lowest BCUT2D eigenvalue weighted by Crippen LogP contribution is -2.38. The quantitative estimate of drug-likeness (QED) is 0.858. The van der Waals surface area contributed by atoms with E-state index in [1.807, 2.05) is 4.90 Å². The molecule has 0 aromatic heterocycles. The number of nitrogens with zero attached hydrogens (tertiary/aromatic N) is 1. The molecule has 1 heterocycles. The van der Waals surface area contributed by atoms with Gasteiger partial charge in [0.1, 0.15) is 5.82 Å². The highest BCUT2D eigenvalue weighted by Crippen LogP contribution is 2.36. The molecule has 116 valence electrons. The molecule has 2 fully saturated rings. The Morgan fingerprint density at radius 3 is 2.76 bits per heavy atom. The molecule has 0 radical (unpaired) electrons. The van der Waals surface area contributed by atoms with Gasteiger partial charge in [-0.25, -0.2) is 4.39 Å². The van der Waals surface area contributed by atoms with Crippen LogP contribution in [0.1, 0.15) is 29.6 Å². The molecule has 21 heavy (non-hydrogen) atoms. The fourth-order valence-corrected chi connectivity index (χ4v) is 3.61. The van der Waals surface area contributed by atoms with Crippen LogP contribution < -0.4 is 5.73 Å². The second kappa shape index (κ2) is 6.51. The average molecular weight is 333 g/mol. The van der Waals surface area contributed by atoms with Crippen LogP contribution in [0.2, 0.25) is 5.02 Å². The zero-order chi connectivity index (χ0) is 14.3. The summed E-state index contributed by atoms with van der Waals surface area (Å²) >= 11 is 5.65. The number of likely N-dealkylation sites (tertiary alicyclic amines) is 1. The number of hydrogen-bond donors (Lipinski definition) is 1. The average Bonchev–Trinajstić information content (AvgIpc) is 2.86. The van der Waals surface area contributed by atoms with Gasteiger partial charge in [-0.15, -0.1) is 12.4 Å². The number of fused-ring (bicyclic) bond motifs is 1. The number of amides is 1. The van der Waals surface area contributed by atoms with Crippen LogP contribution in [0.15, 0.2) is 18.2 Å². The first-order valence-electron chi connectivity index (χ1n) is 7.06. The molecule has 1 aromatic rings. The van der Waals surface area contributed by atoms with Crippen molar-refractivity contribution in [1.29, 1.82) is 0 Å². The Bertz CT molecular complexity index is 540. The number of benzene rings is 1. The zero-order valence-electron chi connectivity index (χ0n) is 11.6. The van der Waals surface area contributed by atoms with Crippen molar-refractivity contribution in [3.8, 4) is 0 Å². The van der Waals surface area contributed by atoms with Crippen LogP contribution in [-0.2, 0) is 0 Å². The van der Waals surface area contributed by atoms with E-state index >= 15 is 0 Å². The first-order valence-corrected chi connectivity index (χ1v) is 7.44. The molecule has 3 nitrogen and oxygen atoms in total. The van der Waals surface area contributed by atoms with Gasteiger partial charge in [0.25, 0.3) is 5.91 Å². The summed E-state index contributed by atoms with van der Waals surface area (Å²) in [5.41, 5.74) is 6.51. The van der Waals surface area contributed by atoms with Gasteiger partial charge in [-0.05, 0) is 42.9 Å². The van der Waals surface area contributed by atoms with Crippen molar-refractivity contribution >= 4 is 29.9 Å². The summed E-state index contributed by atoms with van der Waals surface area (Å²) < 4.78 is 13.5. The van der Waals surface area contributed by atoms with E-state index in [2.05, 4.69) is 0 Å². The predicted molar refractivity (Wildman–Crippen MR) is 83.4 cm³/mol. The fourth-order valence-electron chi connectivity index (χ4n) is 3.49. The number of carbonyl (C=O) groups excluding carboxylic acids is 1. The summed E-state index contributed by atoms with van der Waals surface area (Å²) in [6.45, 7) is 1.43. The second-order valence-electron chi connectivity index (χ2n) is 5.86. The molecule has 0 bridgehead atoms. The highest BCUT2D eigenvalue weighted by Gasteiger charge is 2.40. The molecule has 1 aliphatic heterocycles. The first-order chi connectivity index (χ1) is 9.56. The van der Waals surface area contributed by atoms with E-state index in [1.165, 1.54) is 12.1 Å². The molecule has 2 N–H and O–H groups in total. The van der Waals surface area contributed by atoms with E-state index in [1.54, 1.807) is 6.07 Å². The van der Waals surface area contributed by atoms with Crippen molar-refractivity contribution in [2.24, 2.45) is 17.6 Å². The summed E-state index contributed by atoms with van der Waals surface area (Å²) in [5, 5.41) is 0.0404. The molecule has 1 aromatic carbocycles. The van der Waals surface area contributed by atoms with Gasteiger partial charge >= 0.3 is 0 Å². The van der Waals surface area contributed by atoms with Crippen LogP contribution in [0.3, 0.4) is 0 Å². The highest BCUT2D eigenvalue weighted by atomic mass is 35.5. The van der Waals surface area contributed by atoms with E-state index in [9.17, 15) is 9.18 Å². The molecule has 2 aliphatic rings. The third-order valence-corrected chi connectivity index (χ3v) is 4.91. The maximum Gasteiger partial charge on any atom is 0.253 e. The minimum Gasteiger partial charge on any atom is -0.338 e. The molecule has 3 rings (SSSR count). The van der Waals surface area contributed by atoms with Gasteiger partial charge in [0.15, 0.2) is 0 Å². The summed E-state index contributed by atoms with van der Waals surface area (Å²) in [6.07, 6.45) is 3.32. The molecule has 6 heteroatoms. The third-order valence-electron chi connectivity index (χ3n) is 4.61. The number of carbonyl (C=O) groups is 1. The van der Waals surface area contributed by atoms with Gasteiger partial charge < -0.3 is 10.6 Å². The maximum atomic E-state index is 13.5. The third kappa shape index (κ3) is 3.17. The molecular formula is C15H19Cl2FN2O. The van der Waals surface area contributed by atoms with E-state index in [4.69, 9.17) is 17.3 Å². The minimum absolute atomic E-state index is 0. The van der Waals surface area contributed by atoms with E-state index in [0.717, 1.165) is 25.8 Å². The summed E-state index contributed by atoms with van der Waals surface area (Å²) in [4.78, 5) is 14.2. The Morgan fingerprint density at radius 2 is 2.10 bits per heavy atom. The lowest BCUT2D eigenvalue weighted by atomic mass is 9.78. The number of nitrogens with two attached hydrogens (primary N) is 1. The first kappa shape index (κ1) is 16.5. The van der Waals surface area contributed by atoms with Crippen LogP contribution in [0.4, 0.5) is 4.39 Å². The Hall–Kier alpha value is -0.840. The monoisotopic (exact) mass is 332 g/mol.